The van der Waals surface area contributed by atoms with Crippen LogP contribution in [0, 0.1) is 0 Å². The standard InChI is InChI=1S/C7H7BO3/c9-8-5-2-1-3-6-7(5)11-4-10-6/h1-3,8-9H,4H2. The number of rotatable bonds is 1. The lowest BCUT2D eigenvalue weighted by molar-refractivity contribution is 0.174. The van der Waals surface area contributed by atoms with Gasteiger partial charge in [0.1, 0.15) is 0 Å². The second-order valence-electron chi connectivity index (χ2n) is 2.31. The molecule has 0 saturated carbocycles. The van der Waals surface area contributed by atoms with E-state index in [0.717, 1.165) is 11.2 Å². The van der Waals surface area contributed by atoms with Crippen molar-refractivity contribution < 1.29 is 14.5 Å². The summed E-state index contributed by atoms with van der Waals surface area (Å²) in [5.41, 5.74) is 0.778. The van der Waals surface area contributed by atoms with E-state index in [9.17, 15) is 0 Å². The van der Waals surface area contributed by atoms with Gasteiger partial charge in [-0.05, 0) is 11.5 Å². The van der Waals surface area contributed by atoms with Crippen LogP contribution in [0.4, 0.5) is 0 Å². The average molecular weight is 150 g/mol. The summed E-state index contributed by atoms with van der Waals surface area (Å²) in [7, 11) is -0.00741. The Labute approximate surface area is 64.8 Å². The van der Waals surface area contributed by atoms with Gasteiger partial charge in [0.2, 0.25) is 6.79 Å². The minimum Gasteiger partial charge on any atom is -0.454 e. The molecule has 1 aromatic rings. The minimum atomic E-state index is -0.00741. The third kappa shape index (κ3) is 0.954. The first-order chi connectivity index (χ1) is 5.42. The van der Waals surface area contributed by atoms with E-state index in [1.54, 1.807) is 0 Å². The lowest BCUT2D eigenvalue weighted by Crippen LogP contribution is -2.14. The van der Waals surface area contributed by atoms with Gasteiger partial charge < -0.3 is 14.5 Å². The van der Waals surface area contributed by atoms with E-state index >= 15 is 0 Å². The van der Waals surface area contributed by atoms with Crippen molar-refractivity contribution in [3.63, 3.8) is 0 Å². The molecule has 11 heavy (non-hydrogen) atoms. The maximum Gasteiger partial charge on any atom is 0.308 e. The Morgan fingerprint density at radius 3 is 3.09 bits per heavy atom. The summed E-state index contributed by atoms with van der Waals surface area (Å²) < 4.78 is 10.2. The smallest absolute Gasteiger partial charge is 0.308 e. The van der Waals surface area contributed by atoms with Crippen LogP contribution in [0.15, 0.2) is 18.2 Å². The highest BCUT2D eigenvalue weighted by Gasteiger charge is 2.16. The van der Waals surface area contributed by atoms with Gasteiger partial charge in [-0.1, -0.05) is 12.1 Å². The predicted octanol–water partition coefficient (Wildman–Crippen LogP) is -0.616. The van der Waals surface area contributed by atoms with Crippen molar-refractivity contribution in [3.05, 3.63) is 18.2 Å². The van der Waals surface area contributed by atoms with Gasteiger partial charge in [0, 0.05) is 0 Å². The van der Waals surface area contributed by atoms with Gasteiger partial charge in [0.25, 0.3) is 0 Å². The van der Waals surface area contributed by atoms with E-state index in [0.29, 0.717) is 5.75 Å². The lowest BCUT2D eigenvalue weighted by atomic mass is 9.88. The lowest BCUT2D eigenvalue weighted by Gasteiger charge is -1.99. The van der Waals surface area contributed by atoms with Crippen molar-refractivity contribution in [2.45, 2.75) is 0 Å². The summed E-state index contributed by atoms with van der Waals surface area (Å²) in [6.45, 7) is 0.256. The topological polar surface area (TPSA) is 38.7 Å². The molecule has 0 aliphatic carbocycles. The third-order valence-corrected chi connectivity index (χ3v) is 1.65. The molecule has 0 atom stereocenters. The predicted molar refractivity (Wildman–Crippen MR) is 41.6 cm³/mol. The van der Waals surface area contributed by atoms with Crippen molar-refractivity contribution in [3.8, 4) is 11.5 Å². The maximum atomic E-state index is 8.87. The Kier molecular flexibility index (Phi) is 1.47. The monoisotopic (exact) mass is 150 g/mol. The fourth-order valence-electron chi connectivity index (χ4n) is 1.12. The molecule has 1 N–H and O–H groups in total. The minimum absolute atomic E-state index is 0.00741. The summed E-state index contributed by atoms with van der Waals surface area (Å²) in [5, 5.41) is 8.87. The highest BCUT2D eigenvalue weighted by Crippen LogP contribution is 2.28. The molecule has 0 saturated heterocycles. The van der Waals surface area contributed by atoms with Crippen LogP contribution in [0.3, 0.4) is 0 Å². The molecule has 1 aliphatic rings. The molecule has 0 unspecified atom stereocenters. The van der Waals surface area contributed by atoms with E-state index < -0.39 is 0 Å². The van der Waals surface area contributed by atoms with Crippen molar-refractivity contribution in [2.75, 3.05) is 6.79 Å². The number of hydrogen-bond acceptors (Lipinski definition) is 3. The SMILES string of the molecule is OBc1cccc2c1OCO2. The summed E-state index contributed by atoms with van der Waals surface area (Å²) in [6.07, 6.45) is 0. The summed E-state index contributed by atoms with van der Waals surface area (Å²) in [6, 6.07) is 5.47. The van der Waals surface area contributed by atoms with Crippen LogP contribution in [0.5, 0.6) is 11.5 Å². The molecule has 0 fully saturated rings. The van der Waals surface area contributed by atoms with Crippen molar-refractivity contribution in [1.29, 1.82) is 0 Å². The van der Waals surface area contributed by atoms with Crippen LogP contribution in [0.1, 0.15) is 0 Å². The van der Waals surface area contributed by atoms with Crippen LogP contribution in [0.2, 0.25) is 0 Å². The second kappa shape index (κ2) is 2.47. The first-order valence-electron chi connectivity index (χ1n) is 3.40. The molecule has 0 amide bonds. The first kappa shape index (κ1) is 6.55. The van der Waals surface area contributed by atoms with Crippen molar-refractivity contribution >= 4 is 12.9 Å². The fraction of sp³-hybridized carbons (Fsp3) is 0.143. The molecule has 2 rings (SSSR count). The number of ether oxygens (including phenoxy) is 2. The quantitative estimate of drug-likeness (QED) is 0.542. The van der Waals surface area contributed by atoms with E-state index in [4.69, 9.17) is 14.5 Å². The zero-order valence-electron chi connectivity index (χ0n) is 5.91. The van der Waals surface area contributed by atoms with Crippen LogP contribution in [0.25, 0.3) is 0 Å². The van der Waals surface area contributed by atoms with Gasteiger partial charge in [-0.15, -0.1) is 0 Å². The van der Waals surface area contributed by atoms with Gasteiger partial charge in [-0.2, -0.15) is 0 Å². The number of para-hydroxylation sites is 1. The number of benzene rings is 1. The molecule has 4 heteroatoms. The summed E-state index contributed by atoms with van der Waals surface area (Å²) >= 11 is 0. The Bertz CT molecular complexity index is 274. The van der Waals surface area contributed by atoms with Crippen LogP contribution < -0.4 is 14.9 Å². The largest absolute Gasteiger partial charge is 0.454 e. The molecule has 1 heterocycles. The molecule has 0 aromatic heterocycles. The average Bonchev–Trinajstić information content (AvgIpc) is 2.50. The maximum absolute atomic E-state index is 8.87. The van der Waals surface area contributed by atoms with Crippen LogP contribution >= 0.6 is 0 Å². The van der Waals surface area contributed by atoms with Gasteiger partial charge in [0.15, 0.2) is 11.5 Å². The van der Waals surface area contributed by atoms with Crippen LogP contribution in [-0.4, -0.2) is 19.3 Å². The van der Waals surface area contributed by atoms with Crippen molar-refractivity contribution in [2.24, 2.45) is 0 Å². The summed E-state index contributed by atoms with van der Waals surface area (Å²) in [5.74, 6) is 1.39. The number of fused-ring (bicyclic) bond motifs is 1. The molecule has 3 nitrogen and oxygen atoms in total. The Morgan fingerprint density at radius 1 is 1.36 bits per heavy atom. The number of hydrogen-bond donors (Lipinski definition) is 1. The molecule has 0 radical (unpaired) electrons. The molecular weight excluding hydrogens is 143 g/mol. The Morgan fingerprint density at radius 2 is 2.27 bits per heavy atom. The molecule has 0 spiro atoms. The summed E-state index contributed by atoms with van der Waals surface area (Å²) in [4.78, 5) is 0. The fourth-order valence-corrected chi connectivity index (χ4v) is 1.12. The van der Waals surface area contributed by atoms with E-state index in [2.05, 4.69) is 0 Å². The molecular formula is C7H7BO3. The highest BCUT2D eigenvalue weighted by molar-refractivity contribution is 6.47. The highest BCUT2D eigenvalue weighted by atomic mass is 16.7. The van der Waals surface area contributed by atoms with E-state index in [-0.39, 0.29) is 14.3 Å². The van der Waals surface area contributed by atoms with E-state index in [1.165, 1.54) is 0 Å². The Hall–Kier alpha value is -1.16. The zero-order valence-corrected chi connectivity index (χ0v) is 5.91. The van der Waals surface area contributed by atoms with E-state index in [1.807, 2.05) is 18.2 Å². The van der Waals surface area contributed by atoms with Crippen molar-refractivity contribution in [1.82, 2.24) is 0 Å². The molecule has 1 aromatic carbocycles. The molecule has 56 valence electrons. The van der Waals surface area contributed by atoms with Gasteiger partial charge in [0.05, 0.1) is 0 Å². The van der Waals surface area contributed by atoms with Gasteiger partial charge >= 0.3 is 7.48 Å². The third-order valence-electron chi connectivity index (χ3n) is 1.65. The molecule has 1 aliphatic heterocycles. The van der Waals surface area contributed by atoms with Gasteiger partial charge in [-0.3, -0.25) is 0 Å². The zero-order chi connectivity index (χ0) is 7.68. The first-order valence-corrected chi connectivity index (χ1v) is 3.40. The van der Waals surface area contributed by atoms with Gasteiger partial charge in [-0.25, -0.2) is 0 Å². The molecule has 0 bridgehead atoms. The Balaban J connectivity index is 2.50. The second-order valence-corrected chi connectivity index (χ2v) is 2.31. The van der Waals surface area contributed by atoms with Crippen LogP contribution in [-0.2, 0) is 0 Å². The normalized spacial score (nSPS) is 13.2.